The van der Waals surface area contributed by atoms with Crippen molar-refractivity contribution in [3.05, 3.63) is 60.3 Å². The molecule has 1 aliphatic heterocycles. The topological polar surface area (TPSA) is 93.7 Å². The molecule has 4 heterocycles. The van der Waals surface area contributed by atoms with E-state index in [9.17, 15) is 5.11 Å². The number of rotatable bonds is 3. The van der Waals surface area contributed by atoms with Gasteiger partial charge in [0.2, 0.25) is 0 Å². The highest BCUT2D eigenvalue weighted by molar-refractivity contribution is 5.86. The maximum atomic E-state index is 9.78. The van der Waals surface area contributed by atoms with Gasteiger partial charge in [-0.15, -0.1) is 0 Å². The summed E-state index contributed by atoms with van der Waals surface area (Å²) in [6.45, 7) is 3.80. The van der Waals surface area contributed by atoms with Crippen molar-refractivity contribution in [1.29, 1.82) is 0 Å². The fourth-order valence-corrected chi connectivity index (χ4v) is 4.40. The lowest BCUT2D eigenvalue weighted by molar-refractivity contribution is 0.145. The first-order valence-electron chi connectivity index (χ1n) is 11.0. The minimum Gasteiger partial charge on any atom is -0.393 e. The van der Waals surface area contributed by atoms with Crippen LogP contribution in [0.5, 0.6) is 0 Å². The van der Waals surface area contributed by atoms with E-state index in [2.05, 4.69) is 44.1 Å². The molecule has 2 aromatic carbocycles. The van der Waals surface area contributed by atoms with E-state index in [-0.39, 0.29) is 6.10 Å². The Bertz CT molecular complexity index is 1430. The zero-order valence-electron chi connectivity index (χ0n) is 17.8. The van der Waals surface area contributed by atoms with Crippen LogP contribution >= 0.6 is 0 Å². The number of H-pyrrole nitrogens is 2. The average molecular weight is 425 g/mol. The number of aromatic amines is 2. The third-order valence-electron chi connectivity index (χ3n) is 6.21. The molecule has 0 aliphatic carbocycles. The summed E-state index contributed by atoms with van der Waals surface area (Å²) in [5.41, 5.74) is 7.96. The van der Waals surface area contributed by atoms with Crippen LogP contribution in [-0.4, -0.2) is 49.2 Å². The number of aryl methyl sites for hydroxylation is 1. The molecule has 0 amide bonds. The number of aliphatic hydroxyl groups excluding tert-OH is 1. The first-order chi connectivity index (χ1) is 15.6. The third-order valence-corrected chi connectivity index (χ3v) is 6.21. The van der Waals surface area contributed by atoms with Crippen LogP contribution in [0.3, 0.4) is 0 Å². The van der Waals surface area contributed by atoms with Gasteiger partial charge in [0.1, 0.15) is 11.5 Å². The number of anilines is 1. The molecule has 0 radical (unpaired) electrons. The molecule has 7 nitrogen and oxygen atoms in total. The van der Waals surface area contributed by atoms with Gasteiger partial charge in [-0.25, -0.2) is 9.97 Å². The third kappa shape index (κ3) is 3.40. The normalized spacial score (nSPS) is 15.1. The lowest BCUT2D eigenvalue weighted by atomic mass is 10.1. The van der Waals surface area contributed by atoms with E-state index >= 15 is 0 Å². The van der Waals surface area contributed by atoms with E-state index in [1.165, 1.54) is 5.69 Å². The van der Waals surface area contributed by atoms with Gasteiger partial charge < -0.3 is 20.0 Å². The molecule has 0 atom stereocenters. The van der Waals surface area contributed by atoms with Gasteiger partial charge in [0, 0.05) is 30.5 Å². The fourth-order valence-electron chi connectivity index (χ4n) is 4.40. The number of nitrogens with zero attached hydrogens (tertiary/aromatic N) is 4. The van der Waals surface area contributed by atoms with Crippen molar-refractivity contribution in [2.45, 2.75) is 25.9 Å². The van der Waals surface area contributed by atoms with E-state index in [0.717, 1.165) is 76.5 Å². The predicted molar refractivity (Wildman–Crippen MR) is 127 cm³/mol. The zero-order valence-corrected chi connectivity index (χ0v) is 17.8. The van der Waals surface area contributed by atoms with E-state index in [0.29, 0.717) is 0 Å². The van der Waals surface area contributed by atoms with Crippen molar-refractivity contribution >= 4 is 27.8 Å². The van der Waals surface area contributed by atoms with Crippen LogP contribution in [0.1, 0.15) is 18.4 Å². The Kier molecular flexibility index (Phi) is 4.43. The number of hydrogen-bond donors (Lipinski definition) is 3. The van der Waals surface area contributed by atoms with E-state index in [1.54, 1.807) is 6.20 Å². The van der Waals surface area contributed by atoms with E-state index < -0.39 is 0 Å². The average Bonchev–Trinajstić information content (AvgIpc) is 3.43. The van der Waals surface area contributed by atoms with Crippen LogP contribution < -0.4 is 4.90 Å². The van der Waals surface area contributed by atoms with Crippen molar-refractivity contribution in [3.63, 3.8) is 0 Å². The van der Waals surface area contributed by atoms with Crippen molar-refractivity contribution in [2.24, 2.45) is 0 Å². The van der Waals surface area contributed by atoms with E-state index in [4.69, 9.17) is 9.97 Å². The Hall–Kier alpha value is -3.71. The molecule has 7 heteroatoms. The Labute approximate surface area is 185 Å². The number of fused-ring (bicyclic) bond motifs is 2. The minimum absolute atomic E-state index is 0.173. The van der Waals surface area contributed by atoms with E-state index in [1.807, 2.05) is 31.2 Å². The summed E-state index contributed by atoms with van der Waals surface area (Å²) < 4.78 is 0. The molecule has 6 rings (SSSR count). The van der Waals surface area contributed by atoms with Gasteiger partial charge in [0.25, 0.3) is 0 Å². The van der Waals surface area contributed by atoms with Gasteiger partial charge in [0.05, 0.1) is 28.2 Å². The summed E-state index contributed by atoms with van der Waals surface area (Å²) in [4.78, 5) is 23.1. The lowest BCUT2D eigenvalue weighted by Gasteiger charge is -2.31. The van der Waals surface area contributed by atoms with Crippen molar-refractivity contribution in [1.82, 2.24) is 24.9 Å². The Morgan fingerprint density at radius 1 is 0.875 bits per heavy atom. The summed E-state index contributed by atoms with van der Waals surface area (Å²) in [5.74, 6) is 1.60. The van der Waals surface area contributed by atoms with Gasteiger partial charge in [-0.1, -0.05) is 0 Å². The van der Waals surface area contributed by atoms with Crippen molar-refractivity contribution in [2.75, 3.05) is 18.0 Å². The molecular formula is C25H24N6O. The number of aromatic nitrogens is 5. The fraction of sp³-hybridized carbons (Fsp3) is 0.240. The first kappa shape index (κ1) is 19.0. The van der Waals surface area contributed by atoms with Crippen LogP contribution in [0, 0.1) is 6.92 Å². The molecule has 1 fully saturated rings. The maximum Gasteiger partial charge on any atom is 0.157 e. The quantitative estimate of drug-likeness (QED) is 0.398. The molecule has 0 spiro atoms. The molecule has 3 N–H and O–H groups in total. The predicted octanol–water partition coefficient (Wildman–Crippen LogP) is 4.44. The number of piperidine rings is 1. The summed E-state index contributed by atoms with van der Waals surface area (Å²) in [5, 5.41) is 9.78. The van der Waals surface area contributed by atoms with Crippen molar-refractivity contribution in [3.8, 4) is 22.9 Å². The Morgan fingerprint density at radius 2 is 1.59 bits per heavy atom. The molecule has 0 saturated carbocycles. The van der Waals surface area contributed by atoms with Gasteiger partial charge in [-0.3, -0.25) is 4.98 Å². The second kappa shape index (κ2) is 7.46. The number of nitrogens with one attached hydrogen (secondary N) is 2. The molecule has 1 aliphatic rings. The van der Waals surface area contributed by atoms with Crippen LogP contribution in [0.2, 0.25) is 0 Å². The van der Waals surface area contributed by atoms with Crippen molar-refractivity contribution < 1.29 is 5.11 Å². The van der Waals surface area contributed by atoms with Crippen LogP contribution in [0.25, 0.3) is 45.0 Å². The van der Waals surface area contributed by atoms with Gasteiger partial charge in [-0.05, 0) is 73.9 Å². The number of pyridine rings is 1. The first-order valence-corrected chi connectivity index (χ1v) is 11.0. The Morgan fingerprint density at radius 3 is 2.41 bits per heavy atom. The summed E-state index contributed by atoms with van der Waals surface area (Å²) >= 11 is 0. The second-order valence-corrected chi connectivity index (χ2v) is 8.54. The van der Waals surface area contributed by atoms with Crippen LogP contribution in [-0.2, 0) is 0 Å². The highest BCUT2D eigenvalue weighted by atomic mass is 16.3. The molecule has 1 saturated heterocycles. The zero-order chi connectivity index (χ0) is 21.7. The molecule has 3 aromatic heterocycles. The molecule has 0 unspecified atom stereocenters. The van der Waals surface area contributed by atoms with Gasteiger partial charge in [0.15, 0.2) is 5.82 Å². The Balaban J connectivity index is 1.33. The summed E-state index contributed by atoms with van der Waals surface area (Å²) in [6.07, 6.45) is 3.26. The van der Waals surface area contributed by atoms with Crippen LogP contribution in [0.15, 0.2) is 54.7 Å². The standard InChI is InChI=1S/C25H24N6O/c1-15-6-9-26-23(12-15)25-28-19-4-2-16(13-21(19)30-25)24-27-20-5-3-17(14-22(20)29-24)31-10-7-18(32)8-11-31/h2-6,9,12-14,18,32H,7-8,10-11H2,1H3,(H,27,29)(H,28,30). The monoisotopic (exact) mass is 424 g/mol. The van der Waals surface area contributed by atoms with Gasteiger partial charge in [-0.2, -0.15) is 0 Å². The summed E-state index contributed by atoms with van der Waals surface area (Å²) in [6, 6.07) is 16.5. The molecular weight excluding hydrogens is 400 g/mol. The van der Waals surface area contributed by atoms with Gasteiger partial charge >= 0.3 is 0 Å². The lowest BCUT2D eigenvalue weighted by Crippen LogP contribution is -2.35. The maximum absolute atomic E-state index is 9.78. The number of hydrogen-bond acceptors (Lipinski definition) is 5. The number of benzene rings is 2. The SMILES string of the molecule is Cc1ccnc(-c2nc3ccc(-c4nc5ccc(N6CCC(O)CC6)cc5[nH]4)cc3[nH]2)c1. The summed E-state index contributed by atoms with van der Waals surface area (Å²) in [7, 11) is 0. The highest BCUT2D eigenvalue weighted by Crippen LogP contribution is 2.28. The minimum atomic E-state index is -0.173. The number of imidazole rings is 2. The second-order valence-electron chi connectivity index (χ2n) is 8.54. The molecule has 160 valence electrons. The smallest absolute Gasteiger partial charge is 0.157 e. The van der Waals surface area contributed by atoms with Crippen LogP contribution in [0.4, 0.5) is 5.69 Å². The molecule has 0 bridgehead atoms. The molecule has 5 aromatic rings. The highest BCUT2D eigenvalue weighted by Gasteiger charge is 2.18. The molecule has 32 heavy (non-hydrogen) atoms. The number of aliphatic hydroxyl groups is 1. The largest absolute Gasteiger partial charge is 0.393 e.